The zero-order valence-corrected chi connectivity index (χ0v) is 13.9. The minimum absolute atomic E-state index is 0.105. The van der Waals surface area contributed by atoms with Crippen LogP contribution >= 0.6 is 0 Å². The van der Waals surface area contributed by atoms with Gasteiger partial charge >= 0.3 is 6.03 Å². The van der Waals surface area contributed by atoms with Crippen molar-refractivity contribution >= 4 is 17.8 Å². The molecule has 0 bridgehead atoms. The first-order valence-corrected chi connectivity index (χ1v) is 8.64. The van der Waals surface area contributed by atoms with Gasteiger partial charge in [0.05, 0.1) is 5.92 Å². The van der Waals surface area contributed by atoms with Gasteiger partial charge in [-0.3, -0.25) is 4.79 Å². The molecular formula is C17H25N5O2. The van der Waals surface area contributed by atoms with E-state index in [1.165, 1.54) is 0 Å². The summed E-state index contributed by atoms with van der Waals surface area (Å²) in [7, 11) is 0. The predicted molar refractivity (Wildman–Crippen MR) is 91.3 cm³/mol. The molecule has 3 rings (SSSR count). The second kappa shape index (κ2) is 7.51. The molecule has 0 saturated carbocycles. The summed E-state index contributed by atoms with van der Waals surface area (Å²) in [5, 5.41) is 3.42. The first-order chi connectivity index (χ1) is 11.6. The number of nitrogens with one attached hydrogen (secondary N) is 1. The molecule has 130 valence electrons. The molecule has 2 fully saturated rings. The number of primary amides is 1. The Kier molecular flexibility index (Phi) is 5.17. The predicted octanol–water partition coefficient (Wildman–Crippen LogP) is 1.28. The summed E-state index contributed by atoms with van der Waals surface area (Å²) >= 11 is 0. The average molecular weight is 331 g/mol. The largest absolute Gasteiger partial charge is 0.367 e. The van der Waals surface area contributed by atoms with Crippen LogP contribution in [0.4, 0.5) is 10.6 Å². The van der Waals surface area contributed by atoms with Crippen molar-refractivity contribution in [3.05, 3.63) is 24.4 Å². The molecule has 2 aliphatic rings. The Labute approximate surface area is 142 Å². The Morgan fingerprint density at radius 2 is 1.92 bits per heavy atom. The van der Waals surface area contributed by atoms with E-state index in [1.807, 2.05) is 23.1 Å². The topological polar surface area (TPSA) is 91.6 Å². The summed E-state index contributed by atoms with van der Waals surface area (Å²) < 4.78 is 0. The second-order valence-corrected chi connectivity index (χ2v) is 6.58. The number of urea groups is 1. The number of likely N-dealkylation sites (tertiary alicyclic amines) is 2. The second-order valence-electron chi connectivity index (χ2n) is 6.58. The summed E-state index contributed by atoms with van der Waals surface area (Å²) in [5.74, 6) is 0.940. The summed E-state index contributed by atoms with van der Waals surface area (Å²) in [6.07, 6.45) is 5.28. The fraction of sp³-hybridized carbons (Fsp3) is 0.588. The van der Waals surface area contributed by atoms with Crippen LogP contribution in [0.25, 0.3) is 0 Å². The van der Waals surface area contributed by atoms with Gasteiger partial charge in [0, 0.05) is 38.4 Å². The van der Waals surface area contributed by atoms with Crippen molar-refractivity contribution in [1.82, 2.24) is 14.8 Å². The molecule has 2 aliphatic heterocycles. The van der Waals surface area contributed by atoms with Crippen molar-refractivity contribution in [3.8, 4) is 0 Å². The molecule has 0 radical (unpaired) electrons. The molecule has 0 aromatic carbocycles. The van der Waals surface area contributed by atoms with E-state index in [2.05, 4.69) is 10.3 Å². The summed E-state index contributed by atoms with van der Waals surface area (Å²) in [5.41, 5.74) is 5.35. The third-order valence-electron chi connectivity index (χ3n) is 4.91. The fourth-order valence-electron chi connectivity index (χ4n) is 3.54. The van der Waals surface area contributed by atoms with Gasteiger partial charge in [0.25, 0.3) is 0 Å². The smallest absolute Gasteiger partial charge is 0.314 e. The van der Waals surface area contributed by atoms with E-state index in [0.29, 0.717) is 19.1 Å². The Hall–Kier alpha value is -2.31. The number of amides is 3. The number of aromatic nitrogens is 1. The van der Waals surface area contributed by atoms with Crippen molar-refractivity contribution in [2.75, 3.05) is 31.5 Å². The molecule has 2 saturated heterocycles. The van der Waals surface area contributed by atoms with E-state index in [-0.39, 0.29) is 11.8 Å². The highest BCUT2D eigenvalue weighted by Crippen LogP contribution is 2.22. The zero-order chi connectivity index (χ0) is 16.9. The summed E-state index contributed by atoms with van der Waals surface area (Å²) in [4.78, 5) is 31.8. The highest BCUT2D eigenvalue weighted by molar-refractivity contribution is 5.80. The lowest BCUT2D eigenvalue weighted by Gasteiger charge is -2.37. The Morgan fingerprint density at radius 3 is 2.58 bits per heavy atom. The molecule has 0 aliphatic carbocycles. The third kappa shape index (κ3) is 3.96. The number of anilines is 1. The van der Waals surface area contributed by atoms with E-state index in [1.54, 1.807) is 11.1 Å². The van der Waals surface area contributed by atoms with Crippen LogP contribution in [-0.2, 0) is 4.79 Å². The maximum atomic E-state index is 12.7. The number of nitrogens with two attached hydrogens (primary N) is 1. The highest BCUT2D eigenvalue weighted by atomic mass is 16.2. The number of pyridine rings is 1. The number of hydrogen-bond donors (Lipinski definition) is 2. The van der Waals surface area contributed by atoms with Crippen molar-refractivity contribution in [1.29, 1.82) is 0 Å². The molecule has 3 amide bonds. The first-order valence-electron chi connectivity index (χ1n) is 8.64. The lowest BCUT2D eigenvalue weighted by atomic mass is 9.95. The number of piperidine rings is 2. The monoisotopic (exact) mass is 331 g/mol. The SMILES string of the molecule is NC(=O)N1CCC[C@H](C(=O)N2CCC(Nc3ccccn3)CC2)C1. The van der Waals surface area contributed by atoms with Crippen LogP contribution in [0.2, 0.25) is 0 Å². The lowest BCUT2D eigenvalue weighted by molar-refractivity contribution is -0.137. The van der Waals surface area contributed by atoms with Crippen LogP contribution in [0.1, 0.15) is 25.7 Å². The molecule has 1 atom stereocenters. The molecule has 1 aromatic heterocycles. The maximum absolute atomic E-state index is 12.7. The third-order valence-corrected chi connectivity index (χ3v) is 4.91. The van der Waals surface area contributed by atoms with Crippen LogP contribution in [0, 0.1) is 5.92 Å². The average Bonchev–Trinajstić information content (AvgIpc) is 2.63. The number of carbonyl (C=O) groups excluding carboxylic acids is 2. The van der Waals surface area contributed by atoms with Crippen molar-refractivity contribution < 1.29 is 9.59 Å². The van der Waals surface area contributed by atoms with Crippen LogP contribution < -0.4 is 11.1 Å². The van der Waals surface area contributed by atoms with Gasteiger partial charge < -0.3 is 20.9 Å². The normalized spacial score (nSPS) is 22.2. The fourth-order valence-corrected chi connectivity index (χ4v) is 3.54. The van der Waals surface area contributed by atoms with Gasteiger partial charge in [0.1, 0.15) is 5.82 Å². The van der Waals surface area contributed by atoms with Crippen LogP contribution in [-0.4, -0.2) is 58.9 Å². The van der Waals surface area contributed by atoms with E-state index in [0.717, 1.165) is 44.6 Å². The van der Waals surface area contributed by atoms with Gasteiger partial charge in [-0.25, -0.2) is 9.78 Å². The molecule has 3 heterocycles. The molecule has 7 heteroatoms. The van der Waals surface area contributed by atoms with Gasteiger partial charge in [-0.05, 0) is 37.8 Å². The van der Waals surface area contributed by atoms with Gasteiger partial charge in [-0.15, -0.1) is 0 Å². The van der Waals surface area contributed by atoms with Crippen molar-refractivity contribution in [2.24, 2.45) is 11.7 Å². The molecular weight excluding hydrogens is 306 g/mol. The zero-order valence-electron chi connectivity index (χ0n) is 13.9. The van der Waals surface area contributed by atoms with Crippen molar-refractivity contribution in [2.45, 2.75) is 31.7 Å². The highest BCUT2D eigenvalue weighted by Gasteiger charge is 2.32. The van der Waals surface area contributed by atoms with Crippen LogP contribution in [0.3, 0.4) is 0 Å². The molecule has 1 aromatic rings. The van der Waals surface area contributed by atoms with Crippen LogP contribution in [0.5, 0.6) is 0 Å². The minimum Gasteiger partial charge on any atom is -0.367 e. The number of nitrogens with zero attached hydrogens (tertiary/aromatic N) is 3. The molecule has 24 heavy (non-hydrogen) atoms. The van der Waals surface area contributed by atoms with E-state index in [4.69, 9.17) is 5.73 Å². The summed E-state index contributed by atoms with van der Waals surface area (Å²) in [6, 6.07) is 5.73. The molecule has 0 unspecified atom stereocenters. The van der Waals surface area contributed by atoms with Gasteiger partial charge in [-0.2, -0.15) is 0 Å². The Bertz CT molecular complexity index is 572. The summed E-state index contributed by atoms with van der Waals surface area (Å²) in [6.45, 7) is 2.61. The van der Waals surface area contributed by atoms with Gasteiger partial charge in [0.2, 0.25) is 5.91 Å². The van der Waals surface area contributed by atoms with E-state index in [9.17, 15) is 9.59 Å². The minimum atomic E-state index is -0.425. The molecule has 7 nitrogen and oxygen atoms in total. The number of hydrogen-bond acceptors (Lipinski definition) is 4. The van der Waals surface area contributed by atoms with E-state index < -0.39 is 6.03 Å². The molecule has 3 N–H and O–H groups in total. The van der Waals surface area contributed by atoms with Crippen molar-refractivity contribution in [3.63, 3.8) is 0 Å². The lowest BCUT2D eigenvalue weighted by Crippen LogP contribution is -2.50. The Morgan fingerprint density at radius 1 is 1.12 bits per heavy atom. The number of carbonyl (C=O) groups is 2. The quantitative estimate of drug-likeness (QED) is 0.873. The van der Waals surface area contributed by atoms with Gasteiger partial charge in [-0.1, -0.05) is 6.07 Å². The van der Waals surface area contributed by atoms with E-state index >= 15 is 0 Å². The first kappa shape index (κ1) is 16.5. The Balaban J connectivity index is 1.49. The molecule has 0 spiro atoms. The number of rotatable bonds is 3. The van der Waals surface area contributed by atoms with Gasteiger partial charge in [0.15, 0.2) is 0 Å². The standard InChI is InChI=1S/C17H25N5O2/c18-17(24)22-9-3-4-13(12-22)16(23)21-10-6-14(7-11-21)20-15-5-1-2-8-19-15/h1-2,5,8,13-14H,3-4,6-7,9-12H2,(H2,18,24)(H,19,20)/t13-/m0/s1. The van der Waals surface area contributed by atoms with Crippen LogP contribution in [0.15, 0.2) is 24.4 Å². The maximum Gasteiger partial charge on any atom is 0.314 e.